The Hall–Kier alpha value is -1.11. The molecule has 5 nitrogen and oxygen atoms in total. The van der Waals surface area contributed by atoms with Gasteiger partial charge in [-0.05, 0) is 82.4 Å². The molecule has 1 heterocycles. The van der Waals surface area contributed by atoms with Gasteiger partial charge in [0, 0.05) is 6.54 Å². The molecule has 0 saturated carbocycles. The van der Waals surface area contributed by atoms with Gasteiger partial charge in [-0.1, -0.05) is 6.42 Å². The molecule has 0 atom stereocenters. The summed E-state index contributed by atoms with van der Waals surface area (Å²) in [6, 6.07) is 1.80. The van der Waals surface area contributed by atoms with Gasteiger partial charge >= 0.3 is 0 Å². The smallest absolute Gasteiger partial charge is 0.241 e. The molecule has 1 aliphatic heterocycles. The van der Waals surface area contributed by atoms with Crippen LogP contribution in [0.5, 0.6) is 5.75 Å². The van der Waals surface area contributed by atoms with Crippen molar-refractivity contribution in [3.05, 3.63) is 22.8 Å². The fraction of sp³-hybridized carbons (Fsp3) is 0.667. The molecule has 0 unspecified atom stereocenters. The molecule has 1 aromatic rings. The average molecular weight is 355 g/mol. The maximum absolute atomic E-state index is 12.7. The number of hydrogen-bond acceptors (Lipinski definition) is 4. The van der Waals surface area contributed by atoms with Crippen molar-refractivity contribution in [2.75, 3.05) is 33.3 Å². The van der Waals surface area contributed by atoms with Crippen molar-refractivity contribution in [2.45, 2.75) is 51.3 Å². The third-order valence-electron chi connectivity index (χ3n) is 4.86. The Kier molecular flexibility index (Phi) is 6.66. The Labute approximate surface area is 146 Å². The summed E-state index contributed by atoms with van der Waals surface area (Å²) in [6.45, 7) is 9.27. The van der Waals surface area contributed by atoms with E-state index in [2.05, 4.69) is 9.62 Å². The van der Waals surface area contributed by atoms with Gasteiger partial charge < -0.3 is 9.64 Å². The standard InChI is InChI=1S/C18H30N2O3S/c1-14-13-17(23-4)15(2)16(3)18(14)24(21,22)19-9-8-12-20-10-6-5-7-11-20/h13,19H,5-12H2,1-4H3. The van der Waals surface area contributed by atoms with E-state index < -0.39 is 10.0 Å². The molecular formula is C18H30N2O3S. The van der Waals surface area contributed by atoms with Crippen molar-refractivity contribution in [2.24, 2.45) is 0 Å². The molecule has 0 bridgehead atoms. The molecule has 136 valence electrons. The van der Waals surface area contributed by atoms with Gasteiger partial charge in [0.25, 0.3) is 0 Å². The van der Waals surface area contributed by atoms with Gasteiger partial charge in [0.15, 0.2) is 0 Å². The summed E-state index contributed by atoms with van der Waals surface area (Å²) in [6.07, 6.45) is 4.68. The van der Waals surface area contributed by atoms with Crippen LogP contribution in [-0.4, -0.2) is 46.6 Å². The summed E-state index contributed by atoms with van der Waals surface area (Å²) in [5, 5.41) is 0. The third-order valence-corrected chi connectivity index (χ3v) is 6.61. The summed E-state index contributed by atoms with van der Waals surface area (Å²) in [7, 11) is -1.89. The number of benzene rings is 1. The molecule has 6 heteroatoms. The minimum atomic E-state index is -3.50. The largest absolute Gasteiger partial charge is 0.496 e. The maximum atomic E-state index is 12.7. The van der Waals surface area contributed by atoms with Crippen LogP contribution in [-0.2, 0) is 10.0 Å². The lowest BCUT2D eigenvalue weighted by molar-refractivity contribution is 0.227. The lowest BCUT2D eigenvalue weighted by Crippen LogP contribution is -2.33. The predicted octanol–water partition coefficient (Wildman–Crippen LogP) is 2.77. The fourth-order valence-corrected chi connectivity index (χ4v) is 5.01. The fourth-order valence-electron chi connectivity index (χ4n) is 3.41. The molecule has 1 fully saturated rings. The highest BCUT2D eigenvalue weighted by molar-refractivity contribution is 7.89. The van der Waals surface area contributed by atoms with Gasteiger partial charge in [-0.25, -0.2) is 13.1 Å². The topological polar surface area (TPSA) is 58.6 Å². The number of rotatable bonds is 7. The first kappa shape index (κ1) is 19.2. The molecule has 1 aromatic carbocycles. The van der Waals surface area contributed by atoms with Gasteiger partial charge in [-0.2, -0.15) is 0 Å². The van der Waals surface area contributed by atoms with Gasteiger partial charge in [0.05, 0.1) is 12.0 Å². The molecular weight excluding hydrogens is 324 g/mol. The van der Waals surface area contributed by atoms with Gasteiger partial charge in [0.2, 0.25) is 10.0 Å². The van der Waals surface area contributed by atoms with Crippen LogP contribution in [0, 0.1) is 20.8 Å². The summed E-state index contributed by atoms with van der Waals surface area (Å²) in [4.78, 5) is 2.81. The van der Waals surface area contributed by atoms with Crippen molar-refractivity contribution < 1.29 is 13.2 Å². The Morgan fingerprint density at radius 3 is 2.42 bits per heavy atom. The van der Waals surface area contributed by atoms with Crippen molar-refractivity contribution in [3.63, 3.8) is 0 Å². The van der Waals surface area contributed by atoms with E-state index in [1.165, 1.54) is 19.3 Å². The minimum absolute atomic E-state index is 0.388. The van der Waals surface area contributed by atoms with E-state index in [0.29, 0.717) is 11.4 Å². The molecule has 0 aromatic heterocycles. The molecule has 0 aliphatic carbocycles. The highest BCUT2D eigenvalue weighted by Gasteiger charge is 2.22. The molecule has 0 radical (unpaired) electrons. The second kappa shape index (κ2) is 8.32. The van der Waals surface area contributed by atoms with Crippen molar-refractivity contribution in [1.29, 1.82) is 0 Å². The number of ether oxygens (including phenoxy) is 1. The quantitative estimate of drug-likeness (QED) is 0.765. The minimum Gasteiger partial charge on any atom is -0.496 e. The molecule has 1 aliphatic rings. The molecule has 2 rings (SSSR count). The van der Waals surface area contributed by atoms with E-state index in [1.807, 2.05) is 20.8 Å². The van der Waals surface area contributed by atoms with Gasteiger partial charge in [0.1, 0.15) is 5.75 Å². The Balaban J connectivity index is 2.01. The number of nitrogens with one attached hydrogen (secondary N) is 1. The zero-order chi connectivity index (χ0) is 17.7. The van der Waals surface area contributed by atoms with Crippen LogP contribution in [0.3, 0.4) is 0 Å². The maximum Gasteiger partial charge on any atom is 0.241 e. The van der Waals surface area contributed by atoms with Gasteiger partial charge in [-0.15, -0.1) is 0 Å². The lowest BCUT2D eigenvalue weighted by Gasteiger charge is -2.26. The first-order chi connectivity index (χ1) is 11.4. The van der Waals surface area contributed by atoms with Crippen molar-refractivity contribution >= 4 is 10.0 Å². The van der Waals surface area contributed by atoms with E-state index in [-0.39, 0.29) is 0 Å². The predicted molar refractivity (Wildman–Crippen MR) is 97.3 cm³/mol. The number of nitrogens with zero attached hydrogens (tertiary/aromatic N) is 1. The summed E-state index contributed by atoms with van der Waals surface area (Å²) < 4.78 is 33.5. The summed E-state index contributed by atoms with van der Waals surface area (Å²) in [5.41, 5.74) is 2.35. The van der Waals surface area contributed by atoms with E-state index in [9.17, 15) is 8.42 Å². The van der Waals surface area contributed by atoms with Crippen LogP contribution in [0.4, 0.5) is 0 Å². The van der Waals surface area contributed by atoms with E-state index in [4.69, 9.17) is 4.74 Å². The first-order valence-electron chi connectivity index (χ1n) is 8.73. The number of likely N-dealkylation sites (tertiary alicyclic amines) is 1. The lowest BCUT2D eigenvalue weighted by atomic mass is 10.1. The van der Waals surface area contributed by atoms with E-state index in [0.717, 1.165) is 48.5 Å². The van der Waals surface area contributed by atoms with Gasteiger partial charge in [-0.3, -0.25) is 0 Å². The molecule has 1 saturated heterocycles. The van der Waals surface area contributed by atoms with Crippen LogP contribution in [0.2, 0.25) is 0 Å². The summed E-state index contributed by atoms with van der Waals surface area (Å²) in [5.74, 6) is 0.731. The second-order valence-electron chi connectivity index (χ2n) is 6.63. The molecule has 1 N–H and O–H groups in total. The Bertz CT molecular complexity index is 665. The van der Waals surface area contributed by atoms with E-state index >= 15 is 0 Å². The number of methoxy groups -OCH3 is 1. The normalized spacial score (nSPS) is 16.3. The SMILES string of the molecule is COc1cc(C)c(S(=O)(=O)NCCCN2CCCCC2)c(C)c1C. The van der Waals surface area contributed by atoms with Crippen LogP contribution < -0.4 is 9.46 Å². The van der Waals surface area contributed by atoms with Crippen molar-refractivity contribution in [1.82, 2.24) is 9.62 Å². The number of sulfonamides is 1. The first-order valence-corrected chi connectivity index (χ1v) is 10.2. The number of hydrogen-bond donors (Lipinski definition) is 1. The van der Waals surface area contributed by atoms with Crippen LogP contribution in [0.1, 0.15) is 42.4 Å². The highest BCUT2D eigenvalue weighted by atomic mass is 32.2. The zero-order valence-electron chi connectivity index (χ0n) is 15.3. The van der Waals surface area contributed by atoms with E-state index in [1.54, 1.807) is 13.2 Å². The third kappa shape index (κ3) is 4.49. The number of piperidine rings is 1. The van der Waals surface area contributed by atoms with Crippen LogP contribution in [0.25, 0.3) is 0 Å². The molecule has 0 amide bonds. The highest BCUT2D eigenvalue weighted by Crippen LogP contribution is 2.30. The summed E-state index contributed by atoms with van der Waals surface area (Å²) >= 11 is 0. The monoisotopic (exact) mass is 354 g/mol. The van der Waals surface area contributed by atoms with Crippen molar-refractivity contribution in [3.8, 4) is 5.75 Å². The van der Waals surface area contributed by atoms with Crippen LogP contribution in [0.15, 0.2) is 11.0 Å². The zero-order valence-corrected chi connectivity index (χ0v) is 16.1. The second-order valence-corrected chi connectivity index (χ2v) is 8.33. The molecule has 24 heavy (non-hydrogen) atoms. The molecule has 0 spiro atoms. The Morgan fingerprint density at radius 1 is 1.12 bits per heavy atom. The number of aryl methyl sites for hydroxylation is 1. The average Bonchev–Trinajstić information content (AvgIpc) is 2.56. The Morgan fingerprint density at radius 2 is 1.79 bits per heavy atom. The van der Waals surface area contributed by atoms with Crippen LogP contribution >= 0.6 is 0 Å².